The van der Waals surface area contributed by atoms with Crippen LogP contribution >= 0.6 is 0 Å². The van der Waals surface area contributed by atoms with Crippen molar-refractivity contribution in [2.24, 2.45) is 0 Å². The first-order valence-electron chi connectivity index (χ1n) is 22.2. The molecule has 13 aromatic rings. The van der Waals surface area contributed by atoms with Crippen LogP contribution in [0.25, 0.3) is 109 Å². The molecule has 0 unspecified atom stereocenters. The number of benzene rings is 11. The van der Waals surface area contributed by atoms with Gasteiger partial charge in [-0.2, -0.15) is 0 Å². The Balaban J connectivity index is 0.926. The van der Waals surface area contributed by atoms with Crippen LogP contribution in [-0.4, -0.2) is 9.97 Å². The number of pyridine rings is 2. The topological polar surface area (TPSA) is 29.0 Å². The standard InChI is InChI=1S/C62H39N3/c1-2-10-45-33-46(16-13-40(45)7-1)47-25-31-55-48(34-47)17-18-49-35-54(30-32-56(49)55)65(52-26-21-43(22-27-52)59-38-63-36-50-19-14-41-8-3-5-11-57(41)61(50)59)53-28-23-44(24-29-53)60-39-64-37-51-20-15-42-9-4-6-12-58(42)62(51)60/h1-39H. The molecule has 0 radical (unpaired) electrons. The lowest BCUT2D eigenvalue weighted by Gasteiger charge is -2.26. The summed E-state index contributed by atoms with van der Waals surface area (Å²) in [5.74, 6) is 0. The number of aromatic nitrogens is 2. The Morgan fingerprint density at radius 3 is 1.23 bits per heavy atom. The molecule has 0 saturated heterocycles. The maximum absolute atomic E-state index is 4.68. The highest BCUT2D eigenvalue weighted by atomic mass is 15.1. The molecule has 0 fully saturated rings. The van der Waals surface area contributed by atoms with E-state index in [1.165, 1.54) is 75.8 Å². The second-order valence-electron chi connectivity index (χ2n) is 17.0. The third-order valence-corrected chi connectivity index (χ3v) is 13.3. The first-order valence-corrected chi connectivity index (χ1v) is 22.2. The minimum Gasteiger partial charge on any atom is -0.310 e. The van der Waals surface area contributed by atoms with Crippen LogP contribution in [0.2, 0.25) is 0 Å². The summed E-state index contributed by atoms with van der Waals surface area (Å²) in [6, 6.07) is 77.5. The zero-order valence-electron chi connectivity index (χ0n) is 35.4. The number of anilines is 3. The Kier molecular flexibility index (Phi) is 8.53. The third kappa shape index (κ3) is 6.28. The molecule has 3 nitrogen and oxygen atoms in total. The molecule has 0 spiro atoms. The van der Waals surface area contributed by atoms with Crippen LogP contribution in [0.5, 0.6) is 0 Å². The van der Waals surface area contributed by atoms with Crippen molar-refractivity contribution in [1.29, 1.82) is 0 Å². The predicted octanol–water partition coefficient (Wildman–Crippen LogP) is 17.0. The summed E-state index contributed by atoms with van der Waals surface area (Å²) < 4.78 is 0. The quantitative estimate of drug-likeness (QED) is 0.156. The Morgan fingerprint density at radius 1 is 0.246 bits per heavy atom. The first kappa shape index (κ1) is 36.9. The van der Waals surface area contributed by atoms with Crippen molar-refractivity contribution in [3.8, 4) is 33.4 Å². The molecule has 302 valence electrons. The maximum atomic E-state index is 4.68. The minimum atomic E-state index is 1.07. The van der Waals surface area contributed by atoms with E-state index >= 15 is 0 Å². The lowest BCUT2D eigenvalue weighted by atomic mass is 9.95. The molecular formula is C62H39N3. The van der Waals surface area contributed by atoms with E-state index in [9.17, 15) is 0 Å². The van der Waals surface area contributed by atoms with Gasteiger partial charge in [0.25, 0.3) is 0 Å². The summed E-state index contributed by atoms with van der Waals surface area (Å²) in [6.45, 7) is 0. The number of fused-ring (bicyclic) bond motifs is 10. The van der Waals surface area contributed by atoms with E-state index < -0.39 is 0 Å². The van der Waals surface area contributed by atoms with Gasteiger partial charge >= 0.3 is 0 Å². The zero-order valence-corrected chi connectivity index (χ0v) is 35.4. The summed E-state index contributed by atoms with van der Waals surface area (Å²) in [6.07, 6.45) is 7.94. The molecule has 2 aromatic heterocycles. The summed E-state index contributed by atoms with van der Waals surface area (Å²) in [5, 5.41) is 17.0. The van der Waals surface area contributed by atoms with Gasteiger partial charge in [0.15, 0.2) is 0 Å². The summed E-state index contributed by atoms with van der Waals surface area (Å²) in [4.78, 5) is 11.7. The Bertz CT molecular complexity index is 3840. The molecule has 0 aliphatic heterocycles. The van der Waals surface area contributed by atoms with E-state index in [1.54, 1.807) is 0 Å². The number of nitrogens with zero attached hydrogens (tertiary/aromatic N) is 3. The van der Waals surface area contributed by atoms with Crippen molar-refractivity contribution in [3.63, 3.8) is 0 Å². The predicted molar refractivity (Wildman–Crippen MR) is 276 cm³/mol. The zero-order chi connectivity index (χ0) is 42.8. The van der Waals surface area contributed by atoms with Gasteiger partial charge < -0.3 is 4.90 Å². The molecule has 2 heterocycles. The molecule has 0 aliphatic rings. The second kappa shape index (κ2) is 15.0. The summed E-state index contributed by atoms with van der Waals surface area (Å²) in [7, 11) is 0. The molecule has 0 N–H and O–H groups in total. The molecule has 0 aliphatic carbocycles. The van der Waals surface area contributed by atoms with E-state index in [0.29, 0.717) is 0 Å². The van der Waals surface area contributed by atoms with Crippen molar-refractivity contribution in [3.05, 3.63) is 237 Å². The van der Waals surface area contributed by atoms with Gasteiger partial charge in [0.1, 0.15) is 0 Å². The molecule has 0 bridgehead atoms. The summed E-state index contributed by atoms with van der Waals surface area (Å²) in [5.41, 5.74) is 10.2. The maximum Gasteiger partial charge on any atom is 0.0468 e. The van der Waals surface area contributed by atoms with Crippen LogP contribution < -0.4 is 4.90 Å². The van der Waals surface area contributed by atoms with Gasteiger partial charge in [-0.05, 0) is 125 Å². The molecule has 11 aromatic carbocycles. The molecule has 0 amide bonds. The van der Waals surface area contributed by atoms with Gasteiger partial charge in [-0.15, -0.1) is 0 Å². The van der Waals surface area contributed by atoms with E-state index in [2.05, 4.69) is 227 Å². The SMILES string of the molecule is c1ccc2cc(-c3ccc4c(ccc5cc(N(c6ccc(-c7cncc8ccc9ccccc9c78)cc6)c6ccc(-c7cncc8ccc9ccccc9c78)cc6)ccc54)c3)ccc2c1. The van der Waals surface area contributed by atoms with Crippen molar-refractivity contribution >= 4 is 92.5 Å². The van der Waals surface area contributed by atoms with Crippen molar-refractivity contribution in [2.75, 3.05) is 4.90 Å². The largest absolute Gasteiger partial charge is 0.310 e. The summed E-state index contributed by atoms with van der Waals surface area (Å²) >= 11 is 0. The number of hydrogen-bond acceptors (Lipinski definition) is 3. The first-order chi connectivity index (χ1) is 32.2. The fraction of sp³-hybridized carbons (Fsp3) is 0. The Morgan fingerprint density at radius 2 is 0.646 bits per heavy atom. The van der Waals surface area contributed by atoms with Crippen LogP contribution in [-0.2, 0) is 0 Å². The highest BCUT2D eigenvalue weighted by Crippen LogP contribution is 2.42. The number of hydrogen-bond donors (Lipinski definition) is 0. The molecule has 13 rings (SSSR count). The van der Waals surface area contributed by atoms with E-state index in [-0.39, 0.29) is 0 Å². The van der Waals surface area contributed by atoms with Gasteiger partial charge in [0, 0.05) is 74.5 Å². The van der Waals surface area contributed by atoms with Crippen LogP contribution in [0.15, 0.2) is 237 Å². The Hall–Kier alpha value is -8.66. The second-order valence-corrected chi connectivity index (χ2v) is 17.0. The smallest absolute Gasteiger partial charge is 0.0468 e. The molecule has 3 heteroatoms. The van der Waals surface area contributed by atoms with E-state index in [1.807, 2.05) is 24.8 Å². The van der Waals surface area contributed by atoms with Gasteiger partial charge in [0.05, 0.1) is 0 Å². The molecule has 0 atom stereocenters. The highest BCUT2D eigenvalue weighted by molar-refractivity contribution is 6.15. The third-order valence-electron chi connectivity index (χ3n) is 13.3. The normalized spacial score (nSPS) is 11.7. The van der Waals surface area contributed by atoms with E-state index in [0.717, 1.165) is 50.1 Å². The van der Waals surface area contributed by atoms with Crippen LogP contribution in [0.3, 0.4) is 0 Å². The fourth-order valence-corrected chi connectivity index (χ4v) is 10.1. The number of rotatable bonds is 6. The molecular weight excluding hydrogens is 787 g/mol. The van der Waals surface area contributed by atoms with Gasteiger partial charge in [-0.3, -0.25) is 9.97 Å². The van der Waals surface area contributed by atoms with Crippen LogP contribution in [0.1, 0.15) is 0 Å². The average molecular weight is 826 g/mol. The lowest BCUT2D eigenvalue weighted by Crippen LogP contribution is -2.10. The van der Waals surface area contributed by atoms with Crippen molar-refractivity contribution < 1.29 is 0 Å². The lowest BCUT2D eigenvalue weighted by molar-refractivity contribution is 1.29. The highest BCUT2D eigenvalue weighted by Gasteiger charge is 2.17. The van der Waals surface area contributed by atoms with Crippen LogP contribution in [0.4, 0.5) is 17.1 Å². The van der Waals surface area contributed by atoms with E-state index in [4.69, 9.17) is 0 Å². The van der Waals surface area contributed by atoms with Crippen molar-refractivity contribution in [1.82, 2.24) is 9.97 Å². The van der Waals surface area contributed by atoms with Gasteiger partial charge in [-0.1, -0.05) is 164 Å². The Labute approximate surface area is 376 Å². The monoisotopic (exact) mass is 825 g/mol. The fourth-order valence-electron chi connectivity index (χ4n) is 10.1. The van der Waals surface area contributed by atoms with Crippen LogP contribution in [0, 0.1) is 0 Å². The van der Waals surface area contributed by atoms with Crippen molar-refractivity contribution in [2.45, 2.75) is 0 Å². The average Bonchev–Trinajstić information content (AvgIpc) is 3.38. The van der Waals surface area contributed by atoms with Gasteiger partial charge in [-0.25, -0.2) is 0 Å². The minimum absolute atomic E-state index is 1.07. The molecule has 65 heavy (non-hydrogen) atoms. The van der Waals surface area contributed by atoms with Gasteiger partial charge in [0.2, 0.25) is 0 Å². The molecule has 0 saturated carbocycles.